The monoisotopic (exact) mass is 909 g/mol. The Labute approximate surface area is 409 Å². The number of nitrogens with zero attached hydrogens (tertiary/aromatic N) is 3. The molecule has 0 amide bonds. The molecule has 0 aliphatic rings. The summed E-state index contributed by atoms with van der Waals surface area (Å²) in [4.78, 5) is 2.37. The molecule has 3 aromatic heterocycles. The Morgan fingerprint density at radius 2 is 0.657 bits per heavy atom. The second-order valence-electron chi connectivity index (χ2n) is 18.1. The summed E-state index contributed by atoms with van der Waals surface area (Å²) in [5.74, 6) is 0. The maximum atomic E-state index is 2.39. The Morgan fingerprint density at radius 1 is 0.243 bits per heavy atom. The van der Waals surface area contributed by atoms with E-state index in [2.05, 4.69) is 275 Å². The number of fused-ring (bicyclic) bond motifs is 9. The van der Waals surface area contributed by atoms with Gasteiger partial charge < -0.3 is 14.0 Å². The van der Waals surface area contributed by atoms with Crippen molar-refractivity contribution in [2.45, 2.75) is 0 Å². The van der Waals surface area contributed by atoms with Gasteiger partial charge in [0, 0.05) is 70.2 Å². The van der Waals surface area contributed by atoms with E-state index in [0.717, 1.165) is 39.6 Å². The minimum atomic E-state index is 1.10. The highest BCUT2D eigenvalue weighted by Gasteiger charge is 2.19. The standard InChI is InChI=1S/C66H43N3S/c1-4-16-50(17-5-1)67(54-34-35-58-57-24-12-15-27-65(57)70-66(58)43-54)53-32-28-44(29-33-53)47-38-48(45-30-36-63-59(41-45)55-22-10-13-25-61(55)68(63)51-18-6-2-7-19-51)40-49(39-47)46-31-37-64-60(42-46)56-23-11-14-26-62(56)69(64)52-20-8-3-9-21-52/h1-43H. The molecule has 4 heteroatoms. The molecule has 11 aromatic carbocycles. The van der Waals surface area contributed by atoms with Gasteiger partial charge in [0.2, 0.25) is 0 Å². The van der Waals surface area contributed by atoms with Crippen LogP contribution >= 0.6 is 11.3 Å². The molecule has 0 fully saturated rings. The number of hydrogen-bond acceptors (Lipinski definition) is 2. The van der Waals surface area contributed by atoms with Crippen molar-refractivity contribution >= 4 is 92.2 Å². The zero-order valence-electron chi connectivity index (χ0n) is 38.1. The van der Waals surface area contributed by atoms with Crippen molar-refractivity contribution in [3.8, 4) is 44.8 Å². The van der Waals surface area contributed by atoms with Crippen LogP contribution in [0.2, 0.25) is 0 Å². The minimum Gasteiger partial charge on any atom is -0.310 e. The summed E-state index contributed by atoms with van der Waals surface area (Å²) in [5.41, 5.74) is 17.5. The first kappa shape index (κ1) is 40.1. The molecule has 3 heterocycles. The second-order valence-corrected chi connectivity index (χ2v) is 19.2. The van der Waals surface area contributed by atoms with Crippen LogP contribution < -0.4 is 4.90 Å². The maximum absolute atomic E-state index is 2.39. The van der Waals surface area contributed by atoms with Crippen LogP contribution in [0, 0.1) is 0 Å². The number of para-hydroxylation sites is 5. The minimum absolute atomic E-state index is 1.10. The van der Waals surface area contributed by atoms with Crippen LogP contribution in [0.25, 0.3) is 109 Å². The summed E-state index contributed by atoms with van der Waals surface area (Å²) in [5, 5.41) is 7.56. The zero-order chi connectivity index (χ0) is 46.1. The predicted octanol–water partition coefficient (Wildman–Crippen LogP) is 18.7. The molecule has 0 bridgehead atoms. The van der Waals surface area contributed by atoms with Gasteiger partial charge in [0.15, 0.2) is 0 Å². The lowest BCUT2D eigenvalue weighted by Crippen LogP contribution is -2.09. The third kappa shape index (κ3) is 6.64. The van der Waals surface area contributed by atoms with Gasteiger partial charge in [-0.05, 0) is 155 Å². The summed E-state index contributed by atoms with van der Waals surface area (Å²) < 4.78 is 7.37. The van der Waals surface area contributed by atoms with Gasteiger partial charge in [-0.2, -0.15) is 0 Å². The number of anilines is 3. The highest BCUT2D eigenvalue weighted by atomic mass is 32.1. The molecule has 14 aromatic rings. The van der Waals surface area contributed by atoms with Crippen LogP contribution in [0.1, 0.15) is 0 Å². The van der Waals surface area contributed by atoms with Crippen LogP contribution in [0.5, 0.6) is 0 Å². The summed E-state index contributed by atoms with van der Waals surface area (Å²) in [7, 11) is 0. The average molecular weight is 910 g/mol. The van der Waals surface area contributed by atoms with Crippen molar-refractivity contribution in [1.29, 1.82) is 0 Å². The van der Waals surface area contributed by atoms with Gasteiger partial charge in [-0.3, -0.25) is 0 Å². The molecule has 0 aliphatic carbocycles. The SMILES string of the molecule is c1ccc(N(c2ccc(-c3cc(-c4ccc5c(c4)c4ccccc4n5-c4ccccc4)cc(-c4ccc5c(c4)c4ccccc4n5-c4ccccc4)c3)cc2)c2ccc3c(c2)sc2ccccc23)cc1. The van der Waals surface area contributed by atoms with Gasteiger partial charge in [-0.15, -0.1) is 11.3 Å². The smallest absolute Gasteiger partial charge is 0.0541 e. The zero-order valence-corrected chi connectivity index (χ0v) is 38.9. The molecule has 0 saturated heterocycles. The van der Waals surface area contributed by atoms with Crippen molar-refractivity contribution in [3.63, 3.8) is 0 Å². The molecule has 0 N–H and O–H groups in total. The lowest BCUT2D eigenvalue weighted by molar-refractivity contribution is 1.18. The van der Waals surface area contributed by atoms with Gasteiger partial charge >= 0.3 is 0 Å². The van der Waals surface area contributed by atoms with Crippen LogP contribution in [-0.2, 0) is 0 Å². The van der Waals surface area contributed by atoms with E-state index in [1.54, 1.807) is 0 Å². The van der Waals surface area contributed by atoms with E-state index in [9.17, 15) is 0 Å². The molecule has 0 unspecified atom stereocenters. The predicted molar refractivity (Wildman–Crippen MR) is 299 cm³/mol. The van der Waals surface area contributed by atoms with Crippen molar-refractivity contribution in [2.24, 2.45) is 0 Å². The molecule has 0 aliphatic heterocycles. The fourth-order valence-electron chi connectivity index (χ4n) is 10.8. The quantitative estimate of drug-likeness (QED) is 0.148. The summed E-state index contributed by atoms with van der Waals surface area (Å²) >= 11 is 1.86. The molecule has 14 rings (SSSR count). The Balaban J connectivity index is 0.931. The number of hydrogen-bond donors (Lipinski definition) is 0. The highest BCUT2D eigenvalue weighted by Crippen LogP contribution is 2.43. The first-order valence-electron chi connectivity index (χ1n) is 23.9. The van der Waals surface area contributed by atoms with Gasteiger partial charge in [-0.1, -0.05) is 140 Å². The van der Waals surface area contributed by atoms with Gasteiger partial charge in [-0.25, -0.2) is 0 Å². The number of thiophene rings is 1. The molecule has 0 atom stereocenters. The topological polar surface area (TPSA) is 13.1 Å². The Bertz CT molecular complexity index is 4100. The third-order valence-corrected chi connectivity index (χ3v) is 15.2. The van der Waals surface area contributed by atoms with Crippen LogP contribution in [0.15, 0.2) is 261 Å². The Hall–Kier alpha value is -8.96. The van der Waals surface area contributed by atoms with E-state index in [4.69, 9.17) is 0 Å². The summed E-state index contributed by atoms with van der Waals surface area (Å²) in [6.45, 7) is 0. The van der Waals surface area contributed by atoms with Crippen molar-refractivity contribution in [3.05, 3.63) is 261 Å². The lowest BCUT2D eigenvalue weighted by Gasteiger charge is -2.25. The molecule has 0 spiro atoms. The van der Waals surface area contributed by atoms with Gasteiger partial charge in [0.05, 0.1) is 22.1 Å². The fourth-order valence-corrected chi connectivity index (χ4v) is 12.0. The fraction of sp³-hybridized carbons (Fsp3) is 0. The largest absolute Gasteiger partial charge is 0.310 e. The summed E-state index contributed by atoms with van der Waals surface area (Å²) in [6.07, 6.45) is 0. The van der Waals surface area contributed by atoms with Crippen LogP contribution in [0.4, 0.5) is 17.1 Å². The van der Waals surface area contributed by atoms with E-state index in [1.165, 1.54) is 86.0 Å². The van der Waals surface area contributed by atoms with Crippen LogP contribution in [-0.4, -0.2) is 9.13 Å². The Kier molecular flexibility index (Phi) is 9.39. The van der Waals surface area contributed by atoms with Crippen LogP contribution in [0.3, 0.4) is 0 Å². The molecular formula is C66H43N3S. The van der Waals surface area contributed by atoms with Gasteiger partial charge in [0.25, 0.3) is 0 Å². The second kappa shape index (κ2) is 16.4. The van der Waals surface area contributed by atoms with Crippen molar-refractivity contribution in [2.75, 3.05) is 4.90 Å². The average Bonchev–Trinajstić information content (AvgIpc) is 4.09. The third-order valence-electron chi connectivity index (χ3n) is 14.1. The van der Waals surface area contributed by atoms with E-state index < -0.39 is 0 Å². The van der Waals surface area contributed by atoms with E-state index in [1.807, 2.05) is 11.3 Å². The molecule has 70 heavy (non-hydrogen) atoms. The first-order chi connectivity index (χ1) is 34.7. The molecular weight excluding hydrogens is 867 g/mol. The first-order valence-corrected chi connectivity index (χ1v) is 24.7. The molecule has 0 saturated carbocycles. The Morgan fingerprint density at radius 3 is 1.23 bits per heavy atom. The molecule has 3 nitrogen and oxygen atoms in total. The van der Waals surface area contributed by atoms with E-state index in [0.29, 0.717) is 0 Å². The van der Waals surface area contributed by atoms with E-state index >= 15 is 0 Å². The maximum Gasteiger partial charge on any atom is 0.0541 e. The van der Waals surface area contributed by atoms with Gasteiger partial charge in [0.1, 0.15) is 0 Å². The van der Waals surface area contributed by atoms with Crippen molar-refractivity contribution < 1.29 is 0 Å². The normalized spacial score (nSPS) is 11.7. The number of aromatic nitrogens is 2. The van der Waals surface area contributed by atoms with E-state index in [-0.39, 0.29) is 0 Å². The lowest BCUT2D eigenvalue weighted by atomic mass is 9.92. The highest BCUT2D eigenvalue weighted by molar-refractivity contribution is 7.25. The molecule has 0 radical (unpaired) electrons. The number of benzene rings is 11. The summed E-state index contributed by atoms with van der Waals surface area (Å²) in [6, 6.07) is 95.5. The molecule has 328 valence electrons. The van der Waals surface area contributed by atoms with Crippen molar-refractivity contribution in [1.82, 2.24) is 9.13 Å². The number of rotatable bonds is 8.